The van der Waals surface area contributed by atoms with E-state index >= 15 is 0 Å². The molecule has 0 bridgehead atoms. The highest BCUT2D eigenvalue weighted by Crippen LogP contribution is 2.18. The van der Waals surface area contributed by atoms with Crippen molar-refractivity contribution in [2.75, 3.05) is 65.6 Å². The van der Waals surface area contributed by atoms with E-state index in [-0.39, 0.29) is 24.0 Å². The zero-order valence-electron chi connectivity index (χ0n) is 16.2. The van der Waals surface area contributed by atoms with Gasteiger partial charge in [-0.05, 0) is 31.4 Å². The van der Waals surface area contributed by atoms with Crippen LogP contribution in [0.1, 0.15) is 13.3 Å². The van der Waals surface area contributed by atoms with Crippen LogP contribution < -0.4 is 10.1 Å². The van der Waals surface area contributed by atoms with Crippen LogP contribution in [-0.2, 0) is 4.74 Å². The summed E-state index contributed by atoms with van der Waals surface area (Å²) in [6.07, 6.45) is 4.70. The number of hydrogen-bond acceptors (Lipinski definition) is 5. The number of guanidine groups is 1. The third-order valence-corrected chi connectivity index (χ3v) is 4.80. The van der Waals surface area contributed by atoms with Gasteiger partial charge in [0.25, 0.3) is 0 Å². The number of rotatable bonds is 7. The summed E-state index contributed by atoms with van der Waals surface area (Å²) < 4.78 is 11.1. The molecule has 0 saturated carbocycles. The van der Waals surface area contributed by atoms with E-state index in [1.807, 2.05) is 12.1 Å². The van der Waals surface area contributed by atoms with Crippen LogP contribution in [0.3, 0.4) is 0 Å². The van der Waals surface area contributed by atoms with E-state index in [1.54, 1.807) is 12.4 Å². The molecule has 1 atom stereocenters. The quantitative estimate of drug-likeness (QED) is 0.272. The minimum absolute atomic E-state index is 0. The summed E-state index contributed by atoms with van der Waals surface area (Å²) in [5, 5.41) is 3.42. The monoisotopic (exact) mass is 489 g/mol. The molecule has 1 aromatic rings. The largest absolute Gasteiger partial charge is 0.490 e. The molecule has 27 heavy (non-hydrogen) atoms. The maximum atomic E-state index is 5.68. The van der Waals surface area contributed by atoms with Crippen molar-refractivity contribution in [1.29, 1.82) is 0 Å². The third-order valence-electron chi connectivity index (χ3n) is 4.80. The molecule has 0 spiro atoms. The minimum Gasteiger partial charge on any atom is -0.490 e. The highest BCUT2D eigenvalue weighted by atomic mass is 127. The molecule has 2 saturated heterocycles. The van der Waals surface area contributed by atoms with Gasteiger partial charge in [0.15, 0.2) is 5.96 Å². The Balaban J connectivity index is 0.00000261. The highest BCUT2D eigenvalue weighted by Gasteiger charge is 2.27. The van der Waals surface area contributed by atoms with Gasteiger partial charge in [0.1, 0.15) is 12.4 Å². The molecule has 0 radical (unpaired) electrons. The topological polar surface area (TPSA) is 62.2 Å². The number of likely N-dealkylation sites (tertiary alicyclic amines) is 1. The van der Waals surface area contributed by atoms with Gasteiger partial charge in [-0.25, -0.2) is 4.99 Å². The molecule has 7 nitrogen and oxygen atoms in total. The van der Waals surface area contributed by atoms with Gasteiger partial charge >= 0.3 is 0 Å². The van der Waals surface area contributed by atoms with Crippen LogP contribution in [0.5, 0.6) is 5.75 Å². The van der Waals surface area contributed by atoms with E-state index in [9.17, 15) is 0 Å². The number of pyridine rings is 1. The second-order valence-electron chi connectivity index (χ2n) is 6.79. The van der Waals surface area contributed by atoms with Crippen molar-refractivity contribution >= 4 is 29.9 Å². The standard InChI is InChI=1S/C19H31N5O2.HI/c1-2-21-19(22-7-11-26-18-4-3-6-20-14-18)24-8-5-17(16-24)15-23-9-12-25-13-10-23;/h3-4,6,14,17H,2,5,7-13,15-16H2,1H3,(H,21,22);1H. The summed E-state index contributed by atoms with van der Waals surface area (Å²) in [4.78, 5) is 13.7. The molecule has 2 aliphatic rings. The average Bonchev–Trinajstić information content (AvgIpc) is 3.14. The molecule has 3 rings (SSSR count). The lowest BCUT2D eigenvalue weighted by molar-refractivity contribution is 0.0315. The lowest BCUT2D eigenvalue weighted by atomic mass is 10.1. The van der Waals surface area contributed by atoms with Crippen LogP contribution in [-0.4, -0.2) is 86.4 Å². The third kappa shape index (κ3) is 7.42. The average molecular weight is 489 g/mol. The van der Waals surface area contributed by atoms with E-state index in [0.717, 1.165) is 57.6 Å². The number of aliphatic imine (C=N–C) groups is 1. The maximum Gasteiger partial charge on any atom is 0.194 e. The van der Waals surface area contributed by atoms with Crippen molar-refractivity contribution in [3.8, 4) is 5.75 Å². The van der Waals surface area contributed by atoms with Gasteiger partial charge in [0.05, 0.1) is 26.0 Å². The van der Waals surface area contributed by atoms with Crippen molar-refractivity contribution in [3.63, 3.8) is 0 Å². The summed E-state index contributed by atoms with van der Waals surface area (Å²) in [5.74, 6) is 2.51. The van der Waals surface area contributed by atoms with E-state index in [2.05, 4.69) is 27.0 Å². The van der Waals surface area contributed by atoms with E-state index < -0.39 is 0 Å². The fourth-order valence-corrected chi connectivity index (χ4v) is 3.50. The second-order valence-corrected chi connectivity index (χ2v) is 6.79. The molecule has 1 N–H and O–H groups in total. The molecule has 0 amide bonds. The molecule has 152 valence electrons. The first-order valence-electron chi connectivity index (χ1n) is 9.71. The molecular weight excluding hydrogens is 457 g/mol. The van der Waals surface area contributed by atoms with Gasteiger partial charge < -0.3 is 19.7 Å². The van der Waals surface area contributed by atoms with Crippen molar-refractivity contribution in [2.45, 2.75) is 13.3 Å². The molecular formula is C19H32IN5O2. The van der Waals surface area contributed by atoms with Crippen molar-refractivity contribution in [3.05, 3.63) is 24.5 Å². The van der Waals surface area contributed by atoms with E-state index in [1.165, 1.54) is 13.0 Å². The zero-order valence-corrected chi connectivity index (χ0v) is 18.5. The fourth-order valence-electron chi connectivity index (χ4n) is 3.50. The van der Waals surface area contributed by atoms with Gasteiger partial charge in [-0.1, -0.05) is 0 Å². The Morgan fingerprint density at radius 2 is 2.22 bits per heavy atom. The van der Waals surface area contributed by atoms with Gasteiger partial charge in [-0.15, -0.1) is 24.0 Å². The number of ether oxygens (including phenoxy) is 2. The first-order chi connectivity index (χ1) is 12.8. The molecule has 0 aromatic carbocycles. The predicted molar refractivity (Wildman–Crippen MR) is 118 cm³/mol. The van der Waals surface area contributed by atoms with Crippen molar-refractivity contribution in [2.24, 2.45) is 10.9 Å². The van der Waals surface area contributed by atoms with Crippen molar-refractivity contribution in [1.82, 2.24) is 20.1 Å². The second kappa shape index (κ2) is 12.4. The summed E-state index contributed by atoms with van der Waals surface area (Å²) in [6, 6.07) is 3.79. The number of halogens is 1. The van der Waals surface area contributed by atoms with Crippen LogP contribution in [0.4, 0.5) is 0 Å². The van der Waals surface area contributed by atoms with E-state index in [0.29, 0.717) is 19.1 Å². The van der Waals surface area contributed by atoms with Crippen molar-refractivity contribution < 1.29 is 9.47 Å². The molecule has 1 unspecified atom stereocenters. The number of nitrogens with one attached hydrogen (secondary N) is 1. The fraction of sp³-hybridized carbons (Fsp3) is 0.684. The Morgan fingerprint density at radius 1 is 1.37 bits per heavy atom. The van der Waals surface area contributed by atoms with Gasteiger partial charge in [0, 0.05) is 45.5 Å². The maximum absolute atomic E-state index is 5.68. The Labute approximate surface area is 179 Å². The Hall–Kier alpha value is -1.13. The highest BCUT2D eigenvalue weighted by molar-refractivity contribution is 14.0. The Kier molecular flexibility index (Phi) is 10.1. The SMILES string of the molecule is CCNC(=NCCOc1cccnc1)N1CCC(CN2CCOCC2)C1.I. The summed E-state index contributed by atoms with van der Waals surface area (Å²) in [7, 11) is 0. The molecule has 3 heterocycles. The lowest BCUT2D eigenvalue weighted by Gasteiger charge is -2.29. The Bertz CT molecular complexity index is 554. The Morgan fingerprint density at radius 3 is 2.96 bits per heavy atom. The smallest absolute Gasteiger partial charge is 0.194 e. The number of morpholine rings is 1. The van der Waals surface area contributed by atoms with Crippen LogP contribution >= 0.6 is 24.0 Å². The zero-order chi connectivity index (χ0) is 18.0. The van der Waals surface area contributed by atoms with Crippen LogP contribution in [0.15, 0.2) is 29.5 Å². The number of aromatic nitrogens is 1. The molecule has 0 aliphatic carbocycles. The molecule has 8 heteroatoms. The van der Waals surface area contributed by atoms with Gasteiger partial charge in [-0.3, -0.25) is 9.88 Å². The van der Waals surface area contributed by atoms with Crippen LogP contribution in [0, 0.1) is 5.92 Å². The minimum atomic E-state index is 0. The first-order valence-corrected chi connectivity index (χ1v) is 9.71. The summed E-state index contributed by atoms with van der Waals surface area (Å²) >= 11 is 0. The number of nitrogens with zero attached hydrogens (tertiary/aromatic N) is 4. The molecule has 2 aliphatic heterocycles. The van der Waals surface area contributed by atoms with Gasteiger partial charge in [-0.2, -0.15) is 0 Å². The molecule has 2 fully saturated rings. The van der Waals surface area contributed by atoms with E-state index in [4.69, 9.17) is 14.5 Å². The molecule has 1 aromatic heterocycles. The van der Waals surface area contributed by atoms with Crippen LogP contribution in [0.2, 0.25) is 0 Å². The van der Waals surface area contributed by atoms with Crippen LogP contribution in [0.25, 0.3) is 0 Å². The normalized spacial score (nSPS) is 21.0. The first kappa shape index (κ1) is 22.2. The predicted octanol–water partition coefficient (Wildman–Crippen LogP) is 1.70. The lowest BCUT2D eigenvalue weighted by Crippen LogP contribution is -2.42. The number of hydrogen-bond donors (Lipinski definition) is 1. The summed E-state index contributed by atoms with van der Waals surface area (Å²) in [5.41, 5.74) is 0. The van der Waals surface area contributed by atoms with Gasteiger partial charge in [0.2, 0.25) is 0 Å². The summed E-state index contributed by atoms with van der Waals surface area (Å²) in [6.45, 7) is 11.4.